The zero-order valence-corrected chi connectivity index (χ0v) is 16.5. The van der Waals surface area contributed by atoms with Gasteiger partial charge in [-0.25, -0.2) is 0 Å². The highest BCUT2D eigenvalue weighted by Gasteiger charge is 2.32. The van der Waals surface area contributed by atoms with E-state index in [1.54, 1.807) is 4.90 Å². The molecule has 0 unspecified atom stereocenters. The highest BCUT2D eigenvalue weighted by atomic mass is 16.2. The van der Waals surface area contributed by atoms with Crippen molar-refractivity contribution in [1.29, 1.82) is 0 Å². The van der Waals surface area contributed by atoms with E-state index in [0.717, 1.165) is 22.9 Å². The van der Waals surface area contributed by atoms with E-state index in [1.807, 2.05) is 44.2 Å². The molecule has 7 nitrogen and oxygen atoms in total. The number of aryl methyl sites for hydroxylation is 1. The molecule has 1 amide bonds. The van der Waals surface area contributed by atoms with Crippen molar-refractivity contribution in [3.8, 4) is 11.4 Å². The number of amides is 1. The number of hydrogen-bond acceptors (Lipinski definition) is 4. The number of fused-ring (bicyclic) bond motifs is 1. The Morgan fingerprint density at radius 2 is 1.86 bits per heavy atom. The van der Waals surface area contributed by atoms with Gasteiger partial charge in [0, 0.05) is 24.7 Å². The summed E-state index contributed by atoms with van der Waals surface area (Å²) in [5.41, 5.74) is 3.52. The smallest absolute Gasteiger partial charge is 0.256 e. The van der Waals surface area contributed by atoms with Crippen molar-refractivity contribution in [3.05, 3.63) is 58.7 Å². The lowest BCUT2D eigenvalue weighted by Crippen LogP contribution is -2.40. The molecule has 1 N–H and O–H groups in total. The predicted molar refractivity (Wildman–Crippen MR) is 105 cm³/mol. The number of aromatic nitrogens is 4. The van der Waals surface area contributed by atoms with Gasteiger partial charge in [0.2, 0.25) is 0 Å². The first-order valence-corrected chi connectivity index (χ1v) is 9.37. The van der Waals surface area contributed by atoms with E-state index < -0.39 is 0 Å². The van der Waals surface area contributed by atoms with E-state index in [1.165, 1.54) is 6.92 Å². The third-order valence-electron chi connectivity index (χ3n) is 5.35. The number of rotatable bonds is 3. The fourth-order valence-electron chi connectivity index (χ4n) is 4.05. The number of Topliss-reactive ketones (excluding diaryl/α,β-unsaturated/α-hetero) is 1. The molecule has 4 rings (SSSR count). The Kier molecular flexibility index (Phi) is 4.37. The number of carbonyl (C=O) groups is 2. The molecule has 3 heterocycles. The highest BCUT2D eigenvalue weighted by molar-refractivity contribution is 6.02. The van der Waals surface area contributed by atoms with Gasteiger partial charge in [0.05, 0.1) is 23.8 Å². The Morgan fingerprint density at radius 3 is 2.50 bits per heavy atom. The number of hydrogen-bond donors (Lipinski definition) is 1. The largest absolute Gasteiger partial charge is 0.355 e. The normalized spacial score (nSPS) is 16.1. The van der Waals surface area contributed by atoms with Crippen LogP contribution in [0.1, 0.15) is 57.8 Å². The summed E-state index contributed by atoms with van der Waals surface area (Å²) in [4.78, 5) is 29.9. The van der Waals surface area contributed by atoms with Crippen molar-refractivity contribution in [2.75, 3.05) is 6.54 Å². The van der Waals surface area contributed by atoms with Gasteiger partial charge in [-0.2, -0.15) is 0 Å². The van der Waals surface area contributed by atoms with Crippen LogP contribution in [0, 0.1) is 13.8 Å². The predicted octanol–water partition coefficient (Wildman–Crippen LogP) is 3.31. The van der Waals surface area contributed by atoms with E-state index in [-0.39, 0.29) is 17.7 Å². The monoisotopic (exact) mass is 377 g/mol. The molecule has 0 aliphatic carbocycles. The lowest BCUT2D eigenvalue weighted by molar-refractivity contribution is 0.0681. The Morgan fingerprint density at radius 1 is 1.14 bits per heavy atom. The number of aromatic amines is 1. The van der Waals surface area contributed by atoms with Crippen molar-refractivity contribution in [3.63, 3.8) is 0 Å². The molecule has 7 heteroatoms. The molecular formula is C21H23N5O2. The van der Waals surface area contributed by atoms with Crippen LogP contribution in [-0.4, -0.2) is 42.9 Å². The molecular weight excluding hydrogens is 354 g/mol. The molecule has 0 saturated carbocycles. The zero-order valence-electron chi connectivity index (χ0n) is 16.5. The molecule has 1 aromatic carbocycles. The minimum atomic E-state index is -0.0823. The molecule has 1 aliphatic rings. The Labute approximate surface area is 163 Å². The molecule has 0 radical (unpaired) electrons. The average Bonchev–Trinajstić information content (AvgIpc) is 3.23. The zero-order chi connectivity index (χ0) is 20.0. The van der Waals surface area contributed by atoms with Crippen LogP contribution < -0.4 is 0 Å². The summed E-state index contributed by atoms with van der Waals surface area (Å²) in [5, 5.41) is 8.72. The quantitative estimate of drug-likeness (QED) is 0.710. The van der Waals surface area contributed by atoms with Crippen LogP contribution in [0.5, 0.6) is 0 Å². The summed E-state index contributed by atoms with van der Waals surface area (Å²) in [6.45, 7) is 8.16. The molecule has 28 heavy (non-hydrogen) atoms. The Bertz CT molecular complexity index is 1060. The third-order valence-corrected chi connectivity index (χ3v) is 5.35. The van der Waals surface area contributed by atoms with Gasteiger partial charge in [0.25, 0.3) is 5.91 Å². The third kappa shape index (κ3) is 2.83. The molecule has 144 valence electrons. The Balaban J connectivity index is 1.67. The fourth-order valence-corrected chi connectivity index (χ4v) is 4.05. The molecule has 0 bridgehead atoms. The van der Waals surface area contributed by atoms with Crippen LogP contribution in [0.3, 0.4) is 0 Å². The number of nitrogens with one attached hydrogen (secondary N) is 1. The van der Waals surface area contributed by atoms with Gasteiger partial charge in [-0.15, -0.1) is 10.2 Å². The van der Waals surface area contributed by atoms with Crippen molar-refractivity contribution in [1.82, 2.24) is 24.6 Å². The number of ketones is 1. The van der Waals surface area contributed by atoms with Crippen LogP contribution in [0.15, 0.2) is 30.3 Å². The summed E-state index contributed by atoms with van der Waals surface area (Å²) in [6.07, 6.45) is 0. The Hall–Kier alpha value is -3.22. The van der Waals surface area contributed by atoms with Gasteiger partial charge in [-0.05, 0) is 26.3 Å². The molecule has 0 spiro atoms. The van der Waals surface area contributed by atoms with E-state index in [2.05, 4.69) is 26.7 Å². The van der Waals surface area contributed by atoms with Crippen LogP contribution in [0.4, 0.5) is 0 Å². The molecule has 0 fully saturated rings. The van der Waals surface area contributed by atoms with Gasteiger partial charge in [-0.3, -0.25) is 9.59 Å². The van der Waals surface area contributed by atoms with Crippen molar-refractivity contribution in [2.24, 2.45) is 0 Å². The number of benzene rings is 1. The maximum atomic E-state index is 13.2. The van der Waals surface area contributed by atoms with Gasteiger partial charge < -0.3 is 14.5 Å². The first-order chi connectivity index (χ1) is 13.4. The molecule has 3 aromatic rings. The van der Waals surface area contributed by atoms with Crippen molar-refractivity contribution in [2.45, 2.75) is 40.3 Å². The molecule has 2 aromatic heterocycles. The lowest BCUT2D eigenvalue weighted by Gasteiger charge is -2.32. The topological polar surface area (TPSA) is 83.9 Å². The second-order valence-corrected chi connectivity index (χ2v) is 7.39. The summed E-state index contributed by atoms with van der Waals surface area (Å²) < 4.78 is 2.11. The standard InChI is InChI=1S/C21H23N5O2/c1-12-10-25(21(28)18-13(2)19(15(4)27)22-14(18)3)11-17-23-24-20(26(12)17)16-8-6-5-7-9-16/h5-9,12,22H,10-11H2,1-4H3/t12-/m0/s1. The van der Waals surface area contributed by atoms with Gasteiger partial charge in [0.1, 0.15) is 0 Å². The summed E-state index contributed by atoms with van der Waals surface area (Å²) in [5.74, 6) is 1.44. The van der Waals surface area contributed by atoms with Crippen LogP contribution in [-0.2, 0) is 6.54 Å². The van der Waals surface area contributed by atoms with Gasteiger partial charge in [-0.1, -0.05) is 30.3 Å². The summed E-state index contributed by atoms with van der Waals surface area (Å²) >= 11 is 0. The minimum absolute atomic E-state index is 0.0461. The highest BCUT2D eigenvalue weighted by Crippen LogP contribution is 2.29. The molecule has 0 saturated heterocycles. The minimum Gasteiger partial charge on any atom is -0.355 e. The maximum Gasteiger partial charge on any atom is 0.256 e. The van der Waals surface area contributed by atoms with E-state index in [0.29, 0.717) is 29.9 Å². The second-order valence-electron chi connectivity index (χ2n) is 7.39. The maximum absolute atomic E-state index is 13.2. The van der Waals surface area contributed by atoms with Gasteiger partial charge >= 0.3 is 0 Å². The molecule has 1 atom stereocenters. The van der Waals surface area contributed by atoms with Crippen molar-refractivity contribution >= 4 is 11.7 Å². The fraction of sp³-hybridized carbons (Fsp3) is 0.333. The van der Waals surface area contributed by atoms with Gasteiger partial charge in [0.15, 0.2) is 17.4 Å². The number of nitrogens with zero attached hydrogens (tertiary/aromatic N) is 4. The van der Waals surface area contributed by atoms with E-state index in [9.17, 15) is 9.59 Å². The van der Waals surface area contributed by atoms with Crippen LogP contribution >= 0.6 is 0 Å². The summed E-state index contributed by atoms with van der Waals surface area (Å²) in [7, 11) is 0. The van der Waals surface area contributed by atoms with Crippen molar-refractivity contribution < 1.29 is 9.59 Å². The number of H-pyrrole nitrogens is 1. The molecule has 1 aliphatic heterocycles. The average molecular weight is 377 g/mol. The van der Waals surface area contributed by atoms with E-state index in [4.69, 9.17) is 0 Å². The van der Waals surface area contributed by atoms with Crippen LogP contribution in [0.25, 0.3) is 11.4 Å². The first-order valence-electron chi connectivity index (χ1n) is 9.37. The van der Waals surface area contributed by atoms with E-state index >= 15 is 0 Å². The first kappa shape index (κ1) is 18.2. The summed E-state index contributed by atoms with van der Waals surface area (Å²) in [6, 6.07) is 9.99. The van der Waals surface area contributed by atoms with Crippen LogP contribution in [0.2, 0.25) is 0 Å². The SMILES string of the molecule is CC(=O)c1[nH]c(C)c(C(=O)N2Cc3nnc(-c4ccccc4)n3[C@@H](C)C2)c1C. The number of carbonyl (C=O) groups excluding carboxylic acids is 2. The second kappa shape index (κ2) is 6.74. The lowest BCUT2D eigenvalue weighted by atomic mass is 10.1.